The second-order valence-electron chi connectivity index (χ2n) is 5.88. The van der Waals surface area contributed by atoms with Gasteiger partial charge in [0.15, 0.2) is 0 Å². The molecule has 0 amide bonds. The molecule has 1 aromatic carbocycles. The van der Waals surface area contributed by atoms with Gasteiger partial charge in [0.25, 0.3) is 0 Å². The summed E-state index contributed by atoms with van der Waals surface area (Å²) in [4.78, 5) is 2.59. The number of nitrogens with one attached hydrogen (secondary N) is 1. The highest BCUT2D eigenvalue weighted by molar-refractivity contribution is 6.30. The zero-order valence-corrected chi connectivity index (χ0v) is 13.6. The monoisotopic (exact) mass is 310 g/mol. The fourth-order valence-electron chi connectivity index (χ4n) is 3.31. The van der Waals surface area contributed by atoms with E-state index in [-0.39, 0.29) is 0 Å². The number of nitrogens with zero attached hydrogens (tertiary/aromatic N) is 1. The van der Waals surface area contributed by atoms with Crippen LogP contribution in [0.25, 0.3) is 0 Å². The Labute approximate surface area is 133 Å². The van der Waals surface area contributed by atoms with Crippen LogP contribution in [0.15, 0.2) is 24.3 Å². The number of benzene rings is 1. The SMILES string of the molecule is CNC(CCN1CCCC1CCCO)c1ccc(Cl)cc1. The lowest BCUT2D eigenvalue weighted by Crippen LogP contribution is -2.32. The summed E-state index contributed by atoms with van der Waals surface area (Å²) in [5.41, 5.74) is 1.30. The maximum Gasteiger partial charge on any atom is 0.0431 e. The van der Waals surface area contributed by atoms with Crippen molar-refractivity contribution in [1.29, 1.82) is 0 Å². The molecule has 1 saturated heterocycles. The van der Waals surface area contributed by atoms with Crippen LogP contribution in [-0.4, -0.2) is 42.8 Å². The van der Waals surface area contributed by atoms with Gasteiger partial charge >= 0.3 is 0 Å². The molecule has 0 aromatic heterocycles. The van der Waals surface area contributed by atoms with Crippen LogP contribution in [0, 0.1) is 0 Å². The summed E-state index contributed by atoms with van der Waals surface area (Å²) in [5, 5.41) is 13.2. The molecule has 0 aliphatic carbocycles. The van der Waals surface area contributed by atoms with Crippen molar-refractivity contribution in [3.8, 4) is 0 Å². The van der Waals surface area contributed by atoms with E-state index in [1.807, 2.05) is 19.2 Å². The minimum atomic E-state index is 0.314. The average molecular weight is 311 g/mol. The van der Waals surface area contributed by atoms with Crippen molar-refractivity contribution in [2.45, 2.75) is 44.2 Å². The molecule has 2 rings (SSSR count). The molecule has 2 atom stereocenters. The van der Waals surface area contributed by atoms with E-state index in [2.05, 4.69) is 22.3 Å². The number of halogens is 1. The fourth-order valence-corrected chi connectivity index (χ4v) is 3.44. The molecular weight excluding hydrogens is 284 g/mol. The van der Waals surface area contributed by atoms with Crippen LogP contribution in [0.1, 0.15) is 43.7 Å². The molecular formula is C17H27ClN2O. The van der Waals surface area contributed by atoms with Crippen molar-refractivity contribution in [1.82, 2.24) is 10.2 Å². The van der Waals surface area contributed by atoms with Gasteiger partial charge in [0.2, 0.25) is 0 Å². The smallest absolute Gasteiger partial charge is 0.0431 e. The van der Waals surface area contributed by atoms with Gasteiger partial charge in [-0.1, -0.05) is 23.7 Å². The van der Waals surface area contributed by atoms with E-state index in [1.54, 1.807) is 0 Å². The molecule has 1 aromatic rings. The van der Waals surface area contributed by atoms with Crippen LogP contribution >= 0.6 is 11.6 Å². The molecule has 0 spiro atoms. The number of hydrogen-bond acceptors (Lipinski definition) is 3. The zero-order chi connectivity index (χ0) is 15.1. The fraction of sp³-hybridized carbons (Fsp3) is 0.647. The van der Waals surface area contributed by atoms with Crippen LogP contribution in [0.5, 0.6) is 0 Å². The molecule has 0 bridgehead atoms. The molecule has 1 fully saturated rings. The summed E-state index contributed by atoms with van der Waals surface area (Å²) in [6, 6.07) is 9.18. The van der Waals surface area contributed by atoms with Gasteiger partial charge in [-0.2, -0.15) is 0 Å². The van der Waals surface area contributed by atoms with Gasteiger partial charge in [0, 0.05) is 30.3 Å². The Morgan fingerprint density at radius 2 is 2.14 bits per heavy atom. The Hall–Kier alpha value is -0.610. The normalized spacial score (nSPS) is 20.8. The van der Waals surface area contributed by atoms with Crippen molar-refractivity contribution < 1.29 is 5.11 Å². The van der Waals surface area contributed by atoms with Crippen LogP contribution in [0.3, 0.4) is 0 Å². The molecule has 1 heterocycles. The van der Waals surface area contributed by atoms with Crippen molar-refractivity contribution in [3.63, 3.8) is 0 Å². The van der Waals surface area contributed by atoms with Crippen LogP contribution < -0.4 is 5.32 Å². The molecule has 4 heteroatoms. The Bertz CT molecular complexity index is 410. The van der Waals surface area contributed by atoms with Crippen LogP contribution in [-0.2, 0) is 0 Å². The van der Waals surface area contributed by atoms with E-state index in [4.69, 9.17) is 16.7 Å². The number of likely N-dealkylation sites (tertiary alicyclic amines) is 1. The topological polar surface area (TPSA) is 35.5 Å². The Kier molecular flexibility index (Phi) is 6.97. The molecule has 3 nitrogen and oxygen atoms in total. The lowest BCUT2D eigenvalue weighted by atomic mass is 10.0. The Balaban J connectivity index is 1.86. The highest BCUT2D eigenvalue weighted by atomic mass is 35.5. The first kappa shape index (κ1) is 16.8. The minimum Gasteiger partial charge on any atom is -0.396 e. The molecule has 2 N–H and O–H groups in total. The highest BCUT2D eigenvalue weighted by Crippen LogP contribution is 2.24. The standard InChI is InChI=1S/C17H27ClN2O/c1-19-17(14-6-8-15(18)9-7-14)10-12-20-11-2-4-16(20)5-3-13-21/h6-9,16-17,19,21H,2-5,10-13H2,1H3. The second kappa shape index (κ2) is 8.74. The predicted molar refractivity (Wildman–Crippen MR) is 88.8 cm³/mol. The van der Waals surface area contributed by atoms with E-state index in [9.17, 15) is 0 Å². The molecule has 1 aliphatic heterocycles. The van der Waals surface area contributed by atoms with E-state index < -0.39 is 0 Å². The van der Waals surface area contributed by atoms with Gasteiger partial charge in [-0.3, -0.25) is 0 Å². The lowest BCUT2D eigenvalue weighted by molar-refractivity contribution is 0.208. The first-order valence-corrected chi connectivity index (χ1v) is 8.40. The number of hydrogen-bond donors (Lipinski definition) is 2. The van der Waals surface area contributed by atoms with Crippen LogP contribution in [0.4, 0.5) is 0 Å². The van der Waals surface area contributed by atoms with E-state index in [0.717, 1.165) is 30.8 Å². The Morgan fingerprint density at radius 1 is 1.38 bits per heavy atom. The van der Waals surface area contributed by atoms with Crippen molar-refractivity contribution in [3.05, 3.63) is 34.9 Å². The van der Waals surface area contributed by atoms with Crippen molar-refractivity contribution in [2.24, 2.45) is 0 Å². The van der Waals surface area contributed by atoms with Gasteiger partial charge < -0.3 is 15.3 Å². The van der Waals surface area contributed by atoms with Gasteiger partial charge in [0.1, 0.15) is 0 Å². The first-order valence-electron chi connectivity index (χ1n) is 8.02. The number of aliphatic hydroxyl groups is 1. The van der Waals surface area contributed by atoms with Crippen molar-refractivity contribution >= 4 is 11.6 Å². The number of rotatable bonds is 8. The average Bonchev–Trinajstić information content (AvgIpc) is 2.95. The molecule has 0 radical (unpaired) electrons. The summed E-state index contributed by atoms with van der Waals surface area (Å²) in [5.74, 6) is 0. The minimum absolute atomic E-state index is 0.314. The second-order valence-corrected chi connectivity index (χ2v) is 6.32. The molecule has 21 heavy (non-hydrogen) atoms. The first-order chi connectivity index (χ1) is 10.2. The summed E-state index contributed by atoms with van der Waals surface area (Å²) in [7, 11) is 2.02. The zero-order valence-electron chi connectivity index (χ0n) is 12.9. The third-order valence-corrected chi connectivity index (χ3v) is 4.77. The molecule has 118 valence electrons. The van der Waals surface area contributed by atoms with Crippen LogP contribution in [0.2, 0.25) is 5.02 Å². The molecule has 2 unspecified atom stereocenters. The summed E-state index contributed by atoms with van der Waals surface area (Å²) < 4.78 is 0. The van der Waals surface area contributed by atoms with Gasteiger partial charge in [-0.15, -0.1) is 0 Å². The maximum absolute atomic E-state index is 9.00. The largest absolute Gasteiger partial charge is 0.396 e. The third-order valence-electron chi connectivity index (χ3n) is 4.52. The van der Waals surface area contributed by atoms with Crippen molar-refractivity contribution in [2.75, 3.05) is 26.7 Å². The quantitative estimate of drug-likeness (QED) is 0.774. The van der Waals surface area contributed by atoms with E-state index in [1.165, 1.54) is 24.9 Å². The molecule has 1 aliphatic rings. The predicted octanol–water partition coefficient (Wildman–Crippen LogP) is 3.23. The summed E-state index contributed by atoms with van der Waals surface area (Å²) >= 11 is 5.96. The van der Waals surface area contributed by atoms with E-state index >= 15 is 0 Å². The van der Waals surface area contributed by atoms with Gasteiger partial charge in [-0.25, -0.2) is 0 Å². The third kappa shape index (κ3) is 4.96. The highest BCUT2D eigenvalue weighted by Gasteiger charge is 2.24. The lowest BCUT2D eigenvalue weighted by Gasteiger charge is -2.26. The summed E-state index contributed by atoms with van der Waals surface area (Å²) in [6.07, 6.45) is 5.73. The number of aliphatic hydroxyl groups excluding tert-OH is 1. The van der Waals surface area contributed by atoms with Gasteiger partial charge in [-0.05, 0) is 63.4 Å². The Morgan fingerprint density at radius 3 is 2.81 bits per heavy atom. The molecule has 0 saturated carbocycles. The summed E-state index contributed by atoms with van der Waals surface area (Å²) in [6.45, 7) is 2.63. The van der Waals surface area contributed by atoms with E-state index in [0.29, 0.717) is 18.7 Å². The van der Waals surface area contributed by atoms with Gasteiger partial charge in [0.05, 0.1) is 0 Å². The maximum atomic E-state index is 9.00.